The van der Waals surface area contributed by atoms with Gasteiger partial charge in [0.25, 0.3) is 5.91 Å². The van der Waals surface area contributed by atoms with Gasteiger partial charge in [-0.05, 0) is 48.0 Å². The standard InChI is InChI=1S/C26H26F3NO7S/c1-34-12-11-30(25(31)19-13-22(35-2)16-23(14-19)36-3)17-18-7-9-21(10-8-18)37-38(32,33)24-6-4-5-20(15-24)26(27,28)29/h4-10,13-16H,11-12,17H2,1-3H3. The van der Waals surface area contributed by atoms with E-state index in [0.29, 0.717) is 28.7 Å². The van der Waals surface area contributed by atoms with Crippen LogP contribution in [0.25, 0.3) is 0 Å². The lowest BCUT2D eigenvalue weighted by molar-refractivity contribution is -0.137. The first-order valence-corrected chi connectivity index (χ1v) is 12.6. The van der Waals surface area contributed by atoms with Crippen LogP contribution in [0.2, 0.25) is 0 Å². The zero-order valence-electron chi connectivity index (χ0n) is 20.8. The van der Waals surface area contributed by atoms with E-state index in [4.69, 9.17) is 18.4 Å². The summed E-state index contributed by atoms with van der Waals surface area (Å²) in [4.78, 5) is 14.2. The minimum Gasteiger partial charge on any atom is -0.497 e. The normalized spacial score (nSPS) is 11.6. The van der Waals surface area contributed by atoms with Crippen LogP contribution >= 0.6 is 0 Å². The SMILES string of the molecule is COCCN(Cc1ccc(OS(=O)(=O)c2cccc(C(F)(F)F)c2)cc1)C(=O)c1cc(OC)cc(OC)c1. The summed E-state index contributed by atoms with van der Waals surface area (Å²) in [7, 11) is -0.0538. The maximum absolute atomic E-state index is 13.3. The van der Waals surface area contributed by atoms with Crippen LogP contribution in [0.15, 0.2) is 71.6 Å². The van der Waals surface area contributed by atoms with Crippen LogP contribution in [0.5, 0.6) is 17.2 Å². The number of benzene rings is 3. The molecule has 0 bridgehead atoms. The van der Waals surface area contributed by atoms with Crippen molar-refractivity contribution in [2.75, 3.05) is 34.5 Å². The van der Waals surface area contributed by atoms with E-state index in [2.05, 4.69) is 0 Å². The molecule has 3 rings (SSSR count). The molecule has 0 atom stereocenters. The summed E-state index contributed by atoms with van der Waals surface area (Å²) in [6.45, 7) is 0.683. The lowest BCUT2D eigenvalue weighted by Crippen LogP contribution is -2.33. The third-order valence-corrected chi connectivity index (χ3v) is 6.65. The molecule has 0 aliphatic rings. The first-order valence-electron chi connectivity index (χ1n) is 11.2. The van der Waals surface area contributed by atoms with Crippen molar-refractivity contribution < 1.29 is 44.8 Å². The number of rotatable bonds is 11. The predicted molar refractivity (Wildman–Crippen MR) is 132 cm³/mol. The van der Waals surface area contributed by atoms with Gasteiger partial charge in [0.2, 0.25) is 0 Å². The van der Waals surface area contributed by atoms with Crippen molar-refractivity contribution in [3.8, 4) is 17.2 Å². The summed E-state index contributed by atoms with van der Waals surface area (Å²) in [6.07, 6.45) is -4.70. The summed E-state index contributed by atoms with van der Waals surface area (Å²) >= 11 is 0. The van der Waals surface area contributed by atoms with Crippen LogP contribution in [0.1, 0.15) is 21.5 Å². The van der Waals surface area contributed by atoms with Gasteiger partial charge in [-0.3, -0.25) is 4.79 Å². The second-order valence-corrected chi connectivity index (χ2v) is 9.57. The van der Waals surface area contributed by atoms with Gasteiger partial charge >= 0.3 is 16.3 Å². The number of alkyl halides is 3. The molecular formula is C26H26F3NO7S. The fourth-order valence-corrected chi connectivity index (χ4v) is 4.42. The molecule has 0 heterocycles. The van der Waals surface area contributed by atoms with E-state index in [9.17, 15) is 26.4 Å². The van der Waals surface area contributed by atoms with Crippen LogP contribution in [-0.4, -0.2) is 53.7 Å². The van der Waals surface area contributed by atoms with Crippen molar-refractivity contribution in [2.45, 2.75) is 17.6 Å². The molecule has 3 aromatic carbocycles. The first kappa shape index (κ1) is 28.8. The summed E-state index contributed by atoms with van der Waals surface area (Å²) in [5.74, 6) is 0.482. The number of ether oxygens (including phenoxy) is 3. The minimum absolute atomic E-state index is 0.0986. The minimum atomic E-state index is -4.70. The van der Waals surface area contributed by atoms with Crippen molar-refractivity contribution in [3.63, 3.8) is 0 Å². The Hall–Kier alpha value is -3.77. The lowest BCUT2D eigenvalue weighted by Gasteiger charge is -2.23. The highest BCUT2D eigenvalue weighted by Crippen LogP contribution is 2.31. The fraction of sp³-hybridized carbons (Fsp3) is 0.269. The van der Waals surface area contributed by atoms with Gasteiger partial charge in [-0.1, -0.05) is 18.2 Å². The summed E-state index contributed by atoms with van der Waals surface area (Å²) < 4.78 is 84.6. The van der Waals surface area contributed by atoms with Gasteiger partial charge in [-0.15, -0.1) is 0 Å². The molecule has 0 saturated heterocycles. The Morgan fingerprint density at radius 3 is 2.05 bits per heavy atom. The zero-order chi connectivity index (χ0) is 27.9. The zero-order valence-corrected chi connectivity index (χ0v) is 21.6. The maximum atomic E-state index is 13.3. The van der Waals surface area contributed by atoms with Crippen molar-refractivity contribution in [3.05, 3.63) is 83.4 Å². The highest BCUT2D eigenvalue weighted by molar-refractivity contribution is 7.87. The van der Waals surface area contributed by atoms with Gasteiger partial charge in [0.1, 0.15) is 22.1 Å². The molecule has 204 valence electrons. The number of nitrogens with zero attached hydrogens (tertiary/aromatic N) is 1. The molecule has 8 nitrogen and oxygen atoms in total. The lowest BCUT2D eigenvalue weighted by atomic mass is 10.1. The first-order chi connectivity index (χ1) is 18.0. The highest BCUT2D eigenvalue weighted by atomic mass is 32.2. The van der Waals surface area contributed by atoms with Gasteiger partial charge < -0.3 is 23.3 Å². The van der Waals surface area contributed by atoms with Gasteiger partial charge in [-0.2, -0.15) is 21.6 Å². The van der Waals surface area contributed by atoms with Crippen LogP contribution < -0.4 is 13.7 Å². The molecule has 38 heavy (non-hydrogen) atoms. The Kier molecular flexibility index (Phi) is 9.23. The van der Waals surface area contributed by atoms with Crippen molar-refractivity contribution >= 4 is 16.0 Å². The summed E-state index contributed by atoms with van der Waals surface area (Å²) in [6, 6.07) is 13.9. The molecule has 0 saturated carbocycles. The van der Waals surface area contributed by atoms with E-state index in [1.165, 1.54) is 38.4 Å². The van der Waals surface area contributed by atoms with Gasteiger partial charge in [0.15, 0.2) is 0 Å². The second kappa shape index (κ2) is 12.2. The largest absolute Gasteiger partial charge is 0.497 e. The fourth-order valence-electron chi connectivity index (χ4n) is 3.44. The molecule has 0 radical (unpaired) electrons. The number of carbonyl (C=O) groups excluding carboxylic acids is 1. The van der Waals surface area contributed by atoms with Crippen molar-refractivity contribution in [2.24, 2.45) is 0 Å². The van der Waals surface area contributed by atoms with Crippen LogP contribution in [0, 0.1) is 0 Å². The van der Waals surface area contributed by atoms with E-state index < -0.39 is 26.8 Å². The van der Waals surface area contributed by atoms with E-state index in [-0.39, 0.29) is 31.4 Å². The Morgan fingerprint density at radius 2 is 1.50 bits per heavy atom. The Morgan fingerprint density at radius 1 is 0.868 bits per heavy atom. The molecule has 0 fully saturated rings. The molecule has 3 aromatic rings. The molecule has 12 heteroatoms. The average molecular weight is 554 g/mol. The Bertz CT molecular complexity index is 1340. The molecule has 1 amide bonds. The monoisotopic (exact) mass is 553 g/mol. The Labute approximate surface area is 218 Å². The molecule has 0 aromatic heterocycles. The number of amides is 1. The highest BCUT2D eigenvalue weighted by Gasteiger charge is 2.32. The van der Waals surface area contributed by atoms with Crippen LogP contribution in [0.4, 0.5) is 13.2 Å². The second-order valence-electron chi connectivity index (χ2n) is 8.03. The third kappa shape index (κ3) is 7.39. The smallest absolute Gasteiger partial charge is 0.416 e. The molecular weight excluding hydrogens is 527 g/mol. The Balaban J connectivity index is 1.78. The van der Waals surface area contributed by atoms with Gasteiger partial charge in [-0.25, -0.2) is 0 Å². The van der Waals surface area contributed by atoms with Crippen LogP contribution in [-0.2, 0) is 27.6 Å². The quantitative estimate of drug-likeness (QED) is 0.316. The van der Waals surface area contributed by atoms with Gasteiger partial charge in [0, 0.05) is 31.8 Å². The molecule has 0 spiro atoms. The van der Waals surface area contributed by atoms with Crippen LogP contribution in [0.3, 0.4) is 0 Å². The molecule has 0 aliphatic heterocycles. The number of hydrogen-bond acceptors (Lipinski definition) is 7. The number of methoxy groups -OCH3 is 3. The summed E-state index contributed by atoms with van der Waals surface area (Å²) in [5, 5.41) is 0. The van der Waals surface area contributed by atoms with E-state index >= 15 is 0 Å². The number of carbonyl (C=O) groups is 1. The predicted octanol–water partition coefficient (Wildman–Crippen LogP) is 4.78. The number of hydrogen-bond donors (Lipinski definition) is 0. The van der Waals surface area contributed by atoms with Gasteiger partial charge in [0.05, 0.1) is 26.4 Å². The van der Waals surface area contributed by atoms with E-state index in [1.54, 1.807) is 30.3 Å². The average Bonchev–Trinajstić information content (AvgIpc) is 2.90. The summed E-state index contributed by atoms with van der Waals surface area (Å²) in [5.41, 5.74) is -0.121. The molecule has 0 N–H and O–H groups in total. The van der Waals surface area contributed by atoms with Crippen molar-refractivity contribution in [1.29, 1.82) is 0 Å². The van der Waals surface area contributed by atoms with E-state index in [0.717, 1.165) is 18.2 Å². The third-order valence-electron chi connectivity index (χ3n) is 5.40. The maximum Gasteiger partial charge on any atom is 0.416 e. The molecule has 0 aliphatic carbocycles. The topological polar surface area (TPSA) is 91.4 Å². The number of halogens is 3. The van der Waals surface area contributed by atoms with Crippen molar-refractivity contribution in [1.82, 2.24) is 4.90 Å². The van der Waals surface area contributed by atoms with E-state index in [1.807, 2.05) is 0 Å². The molecule has 0 unspecified atom stereocenters.